The van der Waals surface area contributed by atoms with E-state index in [0.29, 0.717) is 11.6 Å². The molecule has 0 radical (unpaired) electrons. The molecular formula is C14H14N2O3S. The minimum atomic E-state index is -0.928. The highest BCUT2D eigenvalue weighted by Gasteiger charge is 2.34. The van der Waals surface area contributed by atoms with Gasteiger partial charge in [0.25, 0.3) is 0 Å². The molecule has 3 rings (SSSR count). The summed E-state index contributed by atoms with van der Waals surface area (Å²) < 4.78 is 0. The Bertz CT molecular complexity index is 667. The Morgan fingerprint density at radius 1 is 1.40 bits per heavy atom. The van der Waals surface area contributed by atoms with Gasteiger partial charge in [-0.05, 0) is 11.6 Å². The van der Waals surface area contributed by atoms with E-state index in [-0.39, 0.29) is 12.3 Å². The molecule has 2 aromatic rings. The fourth-order valence-corrected chi connectivity index (χ4v) is 3.61. The van der Waals surface area contributed by atoms with Crippen LogP contribution in [0.2, 0.25) is 0 Å². The lowest BCUT2D eigenvalue weighted by Gasteiger charge is -2.20. The summed E-state index contributed by atoms with van der Waals surface area (Å²) in [7, 11) is 0. The summed E-state index contributed by atoms with van der Waals surface area (Å²) in [5, 5.41) is 10.1. The summed E-state index contributed by atoms with van der Waals surface area (Å²) >= 11 is 1.48. The summed E-state index contributed by atoms with van der Waals surface area (Å²) in [6.07, 6.45) is 2.05. The fourth-order valence-electron chi connectivity index (χ4n) is 2.44. The van der Waals surface area contributed by atoms with Crippen molar-refractivity contribution >= 4 is 34.5 Å². The minimum absolute atomic E-state index is 0.132. The average Bonchev–Trinajstić information content (AvgIpc) is 3.06. The van der Waals surface area contributed by atoms with Gasteiger partial charge in [-0.2, -0.15) is 0 Å². The molecule has 1 atom stereocenters. The van der Waals surface area contributed by atoms with Gasteiger partial charge in [-0.3, -0.25) is 4.79 Å². The van der Waals surface area contributed by atoms with E-state index in [1.54, 1.807) is 0 Å². The summed E-state index contributed by atoms with van der Waals surface area (Å²) in [6, 6.07) is 7.08. The van der Waals surface area contributed by atoms with E-state index in [1.807, 2.05) is 30.5 Å². The van der Waals surface area contributed by atoms with Crippen LogP contribution in [0.25, 0.3) is 10.9 Å². The van der Waals surface area contributed by atoms with Gasteiger partial charge in [0.05, 0.1) is 12.3 Å². The molecule has 1 unspecified atom stereocenters. The number of aliphatic carboxylic acids is 1. The first kappa shape index (κ1) is 13.1. The summed E-state index contributed by atoms with van der Waals surface area (Å²) in [5.74, 6) is -0.137. The van der Waals surface area contributed by atoms with Crippen molar-refractivity contribution in [2.75, 3.05) is 11.6 Å². The number of H-pyrrole nitrogens is 1. The number of amides is 1. The predicted octanol–water partition coefficient (Wildman–Crippen LogP) is 1.70. The van der Waals surface area contributed by atoms with Crippen LogP contribution >= 0.6 is 11.8 Å². The zero-order valence-electron chi connectivity index (χ0n) is 10.7. The molecule has 1 amide bonds. The van der Waals surface area contributed by atoms with E-state index in [1.165, 1.54) is 16.7 Å². The second-order valence-corrected chi connectivity index (χ2v) is 5.75. The third-order valence-corrected chi connectivity index (χ3v) is 4.52. The molecule has 0 spiro atoms. The van der Waals surface area contributed by atoms with Crippen molar-refractivity contribution in [1.82, 2.24) is 9.88 Å². The zero-order valence-corrected chi connectivity index (χ0v) is 11.5. The van der Waals surface area contributed by atoms with E-state index in [9.17, 15) is 9.59 Å². The highest BCUT2D eigenvalue weighted by Crippen LogP contribution is 2.24. The predicted molar refractivity (Wildman–Crippen MR) is 77.6 cm³/mol. The molecule has 0 aliphatic carbocycles. The second-order valence-electron chi connectivity index (χ2n) is 4.75. The average molecular weight is 290 g/mol. The van der Waals surface area contributed by atoms with Gasteiger partial charge in [-0.15, -0.1) is 11.8 Å². The van der Waals surface area contributed by atoms with Crippen molar-refractivity contribution in [1.29, 1.82) is 0 Å². The lowest BCUT2D eigenvalue weighted by Crippen LogP contribution is -2.42. The molecule has 2 N–H and O–H groups in total. The third kappa shape index (κ3) is 2.27. The number of nitrogens with zero attached hydrogens (tertiary/aromatic N) is 1. The number of fused-ring (bicyclic) bond motifs is 1. The Morgan fingerprint density at radius 3 is 3.00 bits per heavy atom. The topological polar surface area (TPSA) is 73.4 Å². The number of carboxylic acids is 1. The van der Waals surface area contributed by atoms with Crippen LogP contribution in [-0.4, -0.2) is 44.5 Å². The normalized spacial score (nSPS) is 18.6. The maximum absolute atomic E-state index is 12.3. The van der Waals surface area contributed by atoms with E-state index >= 15 is 0 Å². The first-order valence-corrected chi connectivity index (χ1v) is 7.47. The first-order valence-electron chi connectivity index (χ1n) is 6.32. The number of thioether (sulfide) groups is 1. The molecule has 0 saturated carbocycles. The summed E-state index contributed by atoms with van der Waals surface area (Å²) in [6.45, 7) is 0. The van der Waals surface area contributed by atoms with Crippen molar-refractivity contribution in [3.63, 3.8) is 0 Å². The van der Waals surface area contributed by atoms with E-state index in [2.05, 4.69) is 4.98 Å². The van der Waals surface area contributed by atoms with Crippen LogP contribution in [0, 0.1) is 0 Å². The number of carbonyl (C=O) groups is 2. The van der Waals surface area contributed by atoms with Crippen LogP contribution in [0.4, 0.5) is 0 Å². The van der Waals surface area contributed by atoms with Crippen LogP contribution < -0.4 is 0 Å². The number of aromatic amines is 1. The van der Waals surface area contributed by atoms with E-state index in [4.69, 9.17) is 5.11 Å². The summed E-state index contributed by atoms with van der Waals surface area (Å²) in [5.41, 5.74) is 1.90. The molecule has 5 nitrogen and oxygen atoms in total. The number of hydrogen-bond acceptors (Lipinski definition) is 3. The Labute approximate surface area is 120 Å². The number of benzene rings is 1. The number of nitrogens with one attached hydrogen (secondary N) is 1. The number of hydrogen-bond donors (Lipinski definition) is 2. The monoisotopic (exact) mass is 290 g/mol. The maximum atomic E-state index is 12.3. The number of carboxylic acid groups (broad SMARTS) is 1. The highest BCUT2D eigenvalue weighted by atomic mass is 32.2. The second kappa shape index (κ2) is 5.20. The molecular weight excluding hydrogens is 276 g/mol. The Balaban J connectivity index is 1.80. The zero-order chi connectivity index (χ0) is 14.1. The first-order chi connectivity index (χ1) is 9.66. The number of para-hydroxylation sites is 1. The quantitative estimate of drug-likeness (QED) is 0.902. The summed E-state index contributed by atoms with van der Waals surface area (Å²) in [4.78, 5) is 28.0. The van der Waals surface area contributed by atoms with Gasteiger partial charge in [0, 0.05) is 22.9 Å². The lowest BCUT2D eigenvalue weighted by atomic mass is 10.1. The Kier molecular flexibility index (Phi) is 3.40. The molecule has 2 heterocycles. The lowest BCUT2D eigenvalue weighted by molar-refractivity contribution is -0.147. The van der Waals surface area contributed by atoms with E-state index in [0.717, 1.165) is 16.5 Å². The van der Waals surface area contributed by atoms with Crippen LogP contribution in [0.15, 0.2) is 30.5 Å². The van der Waals surface area contributed by atoms with Crippen molar-refractivity contribution in [3.05, 3.63) is 36.0 Å². The van der Waals surface area contributed by atoms with Crippen LogP contribution in [0.3, 0.4) is 0 Å². The smallest absolute Gasteiger partial charge is 0.327 e. The molecule has 1 fully saturated rings. The molecule has 104 valence electrons. The van der Waals surface area contributed by atoms with Gasteiger partial charge in [0.15, 0.2) is 0 Å². The van der Waals surface area contributed by atoms with Gasteiger partial charge in [-0.1, -0.05) is 18.2 Å². The molecule has 1 saturated heterocycles. The van der Waals surface area contributed by atoms with Crippen LogP contribution in [0.5, 0.6) is 0 Å². The van der Waals surface area contributed by atoms with Gasteiger partial charge in [0.1, 0.15) is 6.04 Å². The van der Waals surface area contributed by atoms with Gasteiger partial charge < -0.3 is 15.0 Å². The van der Waals surface area contributed by atoms with Gasteiger partial charge >= 0.3 is 5.97 Å². The highest BCUT2D eigenvalue weighted by molar-refractivity contribution is 7.99. The molecule has 20 heavy (non-hydrogen) atoms. The van der Waals surface area contributed by atoms with Crippen LogP contribution in [0.1, 0.15) is 5.56 Å². The molecule has 1 aromatic carbocycles. The molecule has 0 bridgehead atoms. The third-order valence-electron chi connectivity index (χ3n) is 3.50. The van der Waals surface area contributed by atoms with Crippen molar-refractivity contribution in [2.45, 2.75) is 12.5 Å². The molecule has 1 aromatic heterocycles. The SMILES string of the molecule is O=C(O)C1CSCN1C(=O)Cc1c[nH]c2ccccc12. The van der Waals surface area contributed by atoms with Gasteiger partial charge in [-0.25, -0.2) is 4.79 Å². The number of carbonyl (C=O) groups excluding carboxylic acids is 1. The van der Waals surface area contributed by atoms with Crippen molar-refractivity contribution in [2.24, 2.45) is 0 Å². The van der Waals surface area contributed by atoms with Crippen molar-refractivity contribution < 1.29 is 14.7 Å². The minimum Gasteiger partial charge on any atom is -0.480 e. The standard InChI is InChI=1S/C14H14N2O3S/c17-13(16-8-20-7-12(16)14(18)19)5-9-6-15-11-4-2-1-3-10(9)11/h1-4,6,12,15H,5,7-8H2,(H,18,19). The number of aromatic nitrogens is 1. The largest absolute Gasteiger partial charge is 0.480 e. The maximum Gasteiger partial charge on any atom is 0.327 e. The Morgan fingerprint density at radius 2 is 2.20 bits per heavy atom. The molecule has 1 aliphatic rings. The van der Waals surface area contributed by atoms with Gasteiger partial charge in [0.2, 0.25) is 5.91 Å². The molecule has 6 heteroatoms. The Hall–Kier alpha value is -1.95. The van der Waals surface area contributed by atoms with Crippen LogP contribution in [-0.2, 0) is 16.0 Å². The fraction of sp³-hybridized carbons (Fsp3) is 0.286. The number of rotatable bonds is 3. The van der Waals surface area contributed by atoms with E-state index < -0.39 is 12.0 Å². The van der Waals surface area contributed by atoms with Crippen molar-refractivity contribution in [3.8, 4) is 0 Å². The molecule has 1 aliphatic heterocycles.